The molecule has 0 saturated carbocycles. The molecule has 0 unspecified atom stereocenters. The number of amides is 1. The maximum Gasteiger partial charge on any atom is 0.326 e. The monoisotopic (exact) mass is 397 g/mol. The van der Waals surface area contributed by atoms with Crippen molar-refractivity contribution >= 4 is 17.8 Å². The predicted molar refractivity (Wildman–Crippen MR) is 109 cm³/mol. The molecule has 0 spiro atoms. The molecule has 2 atom stereocenters. The van der Waals surface area contributed by atoms with Gasteiger partial charge in [0, 0.05) is 0 Å². The molecule has 0 bridgehead atoms. The second-order valence-electron chi connectivity index (χ2n) is 7.13. The van der Waals surface area contributed by atoms with E-state index in [1.165, 1.54) is 0 Å². The van der Waals surface area contributed by atoms with Crippen LogP contribution < -0.4 is 5.32 Å². The summed E-state index contributed by atoms with van der Waals surface area (Å²) in [7, 11) is 0. The van der Waals surface area contributed by atoms with Gasteiger partial charge in [-0.3, -0.25) is 9.59 Å². The van der Waals surface area contributed by atoms with E-state index in [4.69, 9.17) is 4.74 Å². The highest BCUT2D eigenvalue weighted by atomic mass is 16.5. The molecule has 2 aromatic carbocycles. The summed E-state index contributed by atoms with van der Waals surface area (Å²) in [5.74, 6) is -2.77. The van der Waals surface area contributed by atoms with Crippen molar-refractivity contribution < 1.29 is 24.2 Å². The van der Waals surface area contributed by atoms with Crippen LogP contribution in [0.4, 0.5) is 0 Å². The molecule has 6 heteroatoms. The number of benzene rings is 2. The number of ether oxygens (including phenoxy) is 1. The molecule has 154 valence electrons. The first kappa shape index (κ1) is 22.1. The Kier molecular flexibility index (Phi) is 7.53. The fraction of sp³-hybridized carbons (Fsp3) is 0.348. The Morgan fingerprint density at radius 2 is 1.48 bits per heavy atom. The van der Waals surface area contributed by atoms with Crippen LogP contribution >= 0.6 is 0 Å². The Bertz CT molecular complexity index is 795. The van der Waals surface area contributed by atoms with Crippen molar-refractivity contribution in [2.45, 2.75) is 38.6 Å². The zero-order valence-electron chi connectivity index (χ0n) is 16.9. The fourth-order valence-corrected chi connectivity index (χ4v) is 3.31. The Balaban J connectivity index is 2.35. The largest absolute Gasteiger partial charge is 0.480 e. The molecule has 0 saturated heterocycles. The van der Waals surface area contributed by atoms with Crippen molar-refractivity contribution in [3.63, 3.8) is 0 Å². The SMILES string of the molecule is CCOC(=O)C[C@H](C)[C@@H](NC(=O)C(C)(c1ccccc1)c1ccccc1)C(=O)O. The van der Waals surface area contributed by atoms with Gasteiger partial charge < -0.3 is 15.2 Å². The lowest BCUT2D eigenvalue weighted by Crippen LogP contribution is -2.52. The van der Waals surface area contributed by atoms with Crippen molar-refractivity contribution in [3.8, 4) is 0 Å². The molecule has 2 N–H and O–H groups in total. The Morgan fingerprint density at radius 1 is 1.00 bits per heavy atom. The van der Waals surface area contributed by atoms with Crippen LogP contribution in [0.3, 0.4) is 0 Å². The number of rotatable bonds is 9. The molecule has 0 aliphatic heterocycles. The van der Waals surface area contributed by atoms with Crippen LogP contribution in [-0.2, 0) is 24.5 Å². The van der Waals surface area contributed by atoms with Crippen molar-refractivity contribution in [2.24, 2.45) is 5.92 Å². The zero-order valence-corrected chi connectivity index (χ0v) is 16.9. The van der Waals surface area contributed by atoms with E-state index >= 15 is 0 Å². The second kappa shape index (κ2) is 9.87. The number of carbonyl (C=O) groups excluding carboxylic acids is 2. The normalized spacial score (nSPS) is 13.2. The summed E-state index contributed by atoms with van der Waals surface area (Å²) < 4.78 is 4.91. The quantitative estimate of drug-likeness (QED) is 0.634. The molecule has 1 amide bonds. The number of hydrogen-bond acceptors (Lipinski definition) is 4. The molecule has 0 aromatic heterocycles. The summed E-state index contributed by atoms with van der Waals surface area (Å²) in [6.07, 6.45) is -0.0987. The molecule has 0 aliphatic rings. The molecule has 0 fully saturated rings. The van der Waals surface area contributed by atoms with Gasteiger partial charge in [0.25, 0.3) is 0 Å². The van der Waals surface area contributed by atoms with Crippen molar-refractivity contribution in [2.75, 3.05) is 6.61 Å². The summed E-state index contributed by atoms with van der Waals surface area (Å²) in [4.78, 5) is 37.0. The van der Waals surface area contributed by atoms with Gasteiger partial charge in [0.05, 0.1) is 18.4 Å². The predicted octanol–water partition coefficient (Wildman–Crippen LogP) is 3.15. The van der Waals surface area contributed by atoms with Gasteiger partial charge in [-0.1, -0.05) is 67.6 Å². The summed E-state index contributed by atoms with van der Waals surface area (Å²) in [6.45, 7) is 5.28. The van der Waals surface area contributed by atoms with E-state index in [1.807, 2.05) is 60.7 Å². The van der Waals surface area contributed by atoms with Gasteiger partial charge in [0.15, 0.2) is 0 Å². The molecule has 0 radical (unpaired) electrons. The lowest BCUT2D eigenvalue weighted by Gasteiger charge is -2.32. The molecular formula is C23H27NO5. The second-order valence-corrected chi connectivity index (χ2v) is 7.13. The Hall–Kier alpha value is -3.15. The zero-order chi connectivity index (χ0) is 21.4. The highest BCUT2D eigenvalue weighted by Gasteiger charge is 2.40. The molecule has 29 heavy (non-hydrogen) atoms. The number of carboxylic acid groups (broad SMARTS) is 1. The molecule has 2 rings (SSSR count). The van der Waals surface area contributed by atoms with Gasteiger partial charge in [0.1, 0.15) is 6.04 Å². The van der Waals surface area contributed by atoms with Crippen molar-refractivity contribution in [3.05, 3.63) is 71.8 Å². The van der Waals surface area contributed by atoms with Gasteiger partial charge in [-0.2, -0.15) is 0 Å². The van der Waals surface area contributed by atoms with E-state index in [1.54, 1.807) is 20.8 Å². The number of aliphatic carboxylic acids is 1. The van der Waals surface area contributed by atoms with Crippen LogP contribution in [0.25, 0.3) is 0 Å². The Morgan fingerprint density at radius 3 is 1.90 bits per heavy atom. The average molecular weight is 397 g/mol. The van der Waals surface area contributed by atoms with E-state index in [0.29, 0.717) is 0 Å². The van der Waals surface area contributed by atoms with Gasteiger partial charge in [-0.15, -0.1) is 0 Å². The number of carboxylic acids is 1. The highest BCUT2D eigenvalue weighted by Crippen LogP contribution is 2.32. The standard InChI is InChI=1S/C23H27NO5/c1-4-29-19(25)15-16(2)20(21(26)27)24-22(28)23(3,17-11-7-5-8-12-17)18-13-9-6-10-14-18/h5-14,16,20H,4,15H2,1-3H3,(H,24,28)(H,26,27)/t16-,20+/m0/s1. The lowest BCUT2D eigenvalue weighted by molar-refractivity contribution is -0.147. The van der Waals surface area contributed by atoms with Gasteiger partial charge in [-0.25, -0.2) is 4.79 Å². The van der Waals surface area contributed by atoms with Gasteiger partial charge >= 0.3 is 11.9 Å². The highest BCUT2D eigenvalue weighted by molar-refractivity contribution is 5.94. The van der Waals surface area contributed by atoms with Gasteiger partial charge in [0.2, 0.25) is 5.91 Å². The number of nitrogens with one attached hydrogen (secondary N) is 1. The van der Waals surface area contributed by atoms with Crippen LogP contribution in [-0.4, -0.2) is 35.6 Å². The van der Waals surface area contributed by atoms with Crippen LogP contribution in [0.1, 0.15) is 38.3 Å². The van der Waals surface area contributed by atoms with Crippen molar-refractivity contribution in [1.82, 2.24) is 5.32 Å². The topological polar surface area (TPSA) is 92.7 Å². The van der Waals surface area contributed by atoms with Gasteiger partial charge in [-0.05, 0) is 30.9 Å². The van der Waals surface area contributed by atoms with Crippen LogP contribution in [0.2, 0.25) is 0 Å². The Labute approximate surface area is 170 Å². The third-order valence-electron chi connectivity index (χ3n) is 5.07. The lowest BCUT2D eigenvalue weighted by atomic mass is 9.75. The fourth-order valence-electron chi connectivity index (χ4n) is 3.31. The third kappa shape index (κ3) is 5.22. The molecule has 6 nitrogen and oxygen atoms in total. The van der Waals surface area contributed by atoms with Crippen LogP contribution in [0.5, 0.6) is 0 Å². The maximum absolute atomic E-state index is 13.4. The third-order valence-corrected chi connectivity index (χ3v) is 5.07. The molecule has 2 aromatic rings. The molecule has 0 heterocycles. The van der Waals surface area contributed by atoms with E-state index in [-0.39, 0.29) is 13.0 Å². The molecule has 0 aliphatic carbocycles. The minimum Gasteiger partial charge on any atom is -0.480 e. The van der Waals surface area contributed by atoms with E-state index in [2.05, 4.69) is 5.32 Å². The number of hydrogen-bond donors (Lipinski definition) is 2. The minimum absolute atomic E-state index is 0.0987. The summed E-state index contributed by atoms with van der Waals surface area (Å²) >= 11 is 0. The molecular weight excluding hydrogens is 370 g/mol. The first-order chi connectivity index (χ1) is 13.8. The minimum atomic E-state index is -1.22. The van der Waals surface area contributed by atoms with Crippen LogP contribution in [0, 0.1) is 5.92 Å². The number of carbonyl (C=O) groups is 3. The summed E-state index contributed by atoms with van der Waals surface area (Å²) in [5, 5.41) is 12.3. The average Bonchev–Trinajstić information content (AvgIpc) is 2.72. The van der Waals surface area contributed by atoms with E-state index in [0.717, 1.165) is 11.1 Å². The maximum atomic E-state index is 13.4. The number of esters is 1. The summed E-state index contributed by atoms with van der Waals surface area (Å²) in [5.41, 5.74) is 0.386. The summed E-state index contributed by atoms with van der Waals surface area (Å²) in [6, 6.07) is 17.2. The first-order valence-corrected chi connectivity index (χ1v) is 9.61. The van der Waals surface area contributed by atoms with E-state index in [9.17, 15) is 19.5 Å². The van der Waals surface area contributed by atoms with E-state index < -0.39 is 35.2 Å². The van der Waals surface area contributed by atoms with Crippen molar-refractivity contribution in [1.29, 1.82) is 0 Å². The van der Waals surface area contributed by atoms with Crippen LogP contribution in [0.15, 0.2) is 60.7 Å². The first-order valence-electron chi connectivity index (χ1n) is 9.61. The smallest absolute Gasteiger partial charge is 0.326 e.